The molecule has 0 aliphatic carbocycles. The van der Waals surface area contributed by atoms with Crippen molar-refractivity contribution in [3.8, 4) is 5.75 Å². The molecular formula is C27H26F2N4O4S2. The molecule has 8 nitrogen and oxygen atoms in total. The lowest BCUT2D eigenvalue weighted by molar-refractivity contribution is -0.123. The van der Waals surface area contributed by atoms with Gasteiger partial charge in [0.2, 0.25) is 15.9 Å². The van der Waals surface area contributed by atoms with Crippen LogP contribution in [0, 0.1) is 24.5 Å². The van der Waals surface area contributed by atoms with Crippen LogP contribution in [-0.2, 0) is 21.4 Å². The van der Waals surface area contributed by atoms with Gasteiger partial charge in [0.05, 0.1) is 28.9 Å². The summed E-state index contributed by atoms with van der Waals surface area (Å²) in [7, 11) is -2.46. The molecule has 12 heteroatoms. The minimum atomic E-state index is -4.03. The lowest BCUT2D eigenvalue weighted by Gasteiger charge is -2.33. The number of thiazole rings is 1. The second kappa shape index (κ2) is 10.9. The Morgan fingerprint density at radius 3 is 2.56 bits per heavy atom. The molecule has 1 amide bonds. The number of carbonyl (C=O) groups is 1. The van der Waals surface area contributed by atoms with E-state index in [9.17, 15) is 22.0 Å². The molecule has 0 radical (unpaired) electrons. The molecule has 0 unspecified atom stereocenters. The van der Waals surface area contributed by atoms with Gasteiger partial charge in [0, 0.05) is 25.2 Å². The summed E-state index contributed by atoms with van der Waals surface area (Å²) >= 11 is 1.39. The van der Waals surface area contributed by atoms with E-state index in [2.05, 4.69) is 4.98 Å². The van der Waals surface area contributed by atoms with Gasteiger partial charge in [-0.1, -0.05) is 23.5 Å². The SMILES string of the molecule is COc1ccc(C)c2sc(N(Cc3ccccn3)C(=O)C3CCN(S(=O)(=O)c4ccc(F)c(F)c4)CC3)nc12. The molecule has 1 saturated heterocycles. The highest BCUT2D eigenvalue weighted by Crippen LogP contribution is 2.38. The van der Waals surface area contributed by atoms with Crippen LogP contribution in [0.3, 0.4) is 0 Å². The molecule has 1 aliphatic heterocycles. The first kappa shape index (κ1) is 27.1. The summed E-state index contributed by atoms with van der Waals surface area (Å²) < 4.78 is 60.7. The van der Waals surface area contributed by atoms with Gasteiger partial charge >= 0.3 is 0 Å². The fourth-order valence-corrected chi connectivity index (χ4v) is 7.16. The third kappa shape index (κ3) is 5.36. The highest BCUT2D eigenvalue weighted by molar-refractivity contribution is 7.89. The molecule has 4 aromatic rings. The summed E-state index contributed by atoms with van der Waals surface area (Å²) in [6.07, 6.45) is 2.20. The Balaban J connectivity index is 1.40. The number of hydrogen-bond donors (Lipinski definition) is 0. The van der Waals surface area contributed by atoms with Crippen molar-refractivity contribution >= 4 is 42.6 Å². The number of fused-ring (bicyclic) bond motifs is 1. The number of hydrogen-bond acceptors (Lipinski definition) is 7. The Kier molecular flexibility index (Phi) is 7.61. The van der Waals surface area contributed by atoms with Crippen LogP contribution in [0.25, 0.3) is 10.2 Å². The molecule has 3 heterocycles. The third-order valence-electron chi connectivity index (χ3n) is 6.79. The topological polar surface area (TPSA) is 92.7 Å². The van der Waals surface area contributed by atoms with Crippen molar-refractivity contribution < 1.29 is 26.7 Å². The number of methoxy groups -OCH3 is 1. The van der Waals surface area contributed by atoms with Crippen LogP contribution in [0.2, 0.25) is 0 Å². The number of benzene rings is 2. The number of piperidine rings is 1. The van der Waals surface area contributed by atoms with Gasteiger partial charge in [0.15, 0.2) is 16.8 Å². The molecule has 1 fully saturated rings. The second-order valence-corrected chi connectivity index (χ2v) is 12.2. The lowest BCUT2D eigenvalue weighted by atomic mass is 9.96. The van der Waals surface area contributed by atoms with Crippen molar-refractivity contribution in [1.82, 2.24) is 14.3 Å². The number of aryl methyl sites for hydroxylation is 1. The average Bonchev–Trinajstić information content (AvgIpc) is 3.40. The number of amides is 1. The quantitative estimate of drug-likeness (QED) is 0.312. The van der Waals surface area contributed by atoms with Gasteiger partial charge in [-0.05, 0) is 61.7 Å². The van der Waals surface area contributed by atoms with Crippen LogP contribution in [-0.4, -0.2) is 48.8 Å². The van der Waals surface area contributed by atoms with Crippen molar-refractivity contribution in [1.29, 1.82) is 0 Å². The van der Waals surface area contributed by atoms with E-state index < -0.39 is 27.6 Å². The number of carbonyl (C=O) groups excluding carboxylic acids is 1. The first-order chi connectivity index (χ1) is 18.7. The van der Waals surface area contributed by atoms with E-state index in [-0.39, 0.29) is 43.3 Å². The maximum atomic E-state index is 13.9. The smallest absolute Gasteiger partial charge is 0.243 e. The van der Waals surface area contributed by atoms with Crippen LogP contribution in [0.15, 0.2) is 59.6 Å². The van der Waals surface area contributed by atoms with E-state index in [0.29, 0.717) is 28.2 Å². The highest BCUT2D eigenvalue weighted by atomic mass is 32.2. The average molecular weight is 573 g/mol. The van der Waals surface area contributed by atoms with Crippen molar-refractivity contribution in [3.05, 3.63) is 77.6 Å². The number of pyridine rings is 1. The van der Waals surface area contributed by atoms with Gasteiger partial charge in [0.1, 0.15) is 11.3 Å². The molecule has 39 heavy (non-hydrogen) atoms. The molecule has 0 atom stereocenters. The minimum absolute atomic E-state index is 0.0714. The Labute approximate surface area is 228 Å². The summed E-state index contributed by atoms with van der Waals surface area (Å²) in [5.74, 6) is -2.37. The number of anilines is 1. The van der Waals surface area contributed by atoms with Crippen molar-refractivity contribution in [2.45, 2.75) is 31.2 Å². The number of ether oxygens (including phenoxy) is 1. The summed E-state index contributed by atoms with van der Waals surface area (Å²) in [6, 6.07) is 11.8. The van der Waals surface area contributed by atoms with Gasteiger partial charge < -0.3 is 4.74 Å². The molecule has 1 aliphatic rings. The normalized spacial score (nSPS) is 15.0. The van der Waals surface area contributed by atoms with E-state index in [0.717, 1.165) is 22.4 Å². The third-order valence-corrected chi connectivity index (χ3v) is 9.90. The minimum Gasteiger partial charge on any atom is -0.494 e. The Morgan fingerprint density at radius 1 is 1.13 bits per heavy atom. The largest absolute Gasteiger partial charge is 0.494 e. The van der Waals surface area contributed by atoms with Gasteiger partial charge in [0.25, 0.3) is 0 Å². The number of nitrogens with zero attached hydrogens (tertiary/aromatic N) is 4. The molecule has 0 bridgehead atoms. The zero-order chi connectivity index (χ0) is 27.7. The first-order valence-corrected chi connectivity index (χ1v) is 14.6. The molecule has 2 aromatic heterocycles. The summed E-state index contributed by atoms with van der Waals surface area (Å²) in [6.45, 7) is 2.32. The van der Waals surface area contributed by atoms with Crippen LogP contribution < -0.4 is 9.64 Å². The monoisotopic (exact) mass is 572 g/mol. The van der Waals surface area contributed by atoms with Crippen LogP contribution in [0.4, 0.5) is 13.9 Å². The number of rotatable bonds is 7. The highest BCUT2D eigenvalue weighted by Gasteiger charge is 2.35. The molecule has 204 valence electrons. The zero-order valence-electron chi connectivity index (χ0n) is 21.3. The lowest BCUT2D eigenvalue weighted by Crippen LogP contribution is -2.44. The van der Waals surface area contributed by atoms with E-state index >= 15 is 0 Å². The van der Waals surface area contributed by atoms with E-state index in [1.54, 1.807) is 24.3 Å². The Hall–Kier alpha value is -3.48. The summed E-state index contributed by atoms with van der Waals surface area (Å²) in [5.41, 5.74) is 2.37. The maximum absolute atomic E-state index is 13.9. The molecule has 0 spiro atoms. The van der Waals surface area contributed by atoms with Gasteiger partial charge in [-0.15, -0.1) is 0 Å². The number of halogens is 2. The predicted molar refractivity (Wildman–Crippen MR) is 144 cm³/mol. The fraction of sp³-hybridized carbons (Fsp3) is 0.296. The van der Waals surface area contributed by atoms with Crippen molar-refractivity contribution in [2.75, 3.05) is 25.1 Å². The van der Waals surface area contributed by atoms with Gasteiger partial charge in [-0.25, -0.2) is 22.2 Å². The zero-order valence-corrected chi connectivity index (χ0v) is 22.9. The molecule has 0 N–H and O–H groups in total. The van der Waals surface area contributed by atoms with E-state index in [1.807, 2.05) is 31.2 Å². The van der Waals surface area contributed by atoms with Crippen molar-refractivity contribution in [3.63, 3.8) is 0 Å². The maximum Gasteiger partial charge on any atom is 0.243 e. The Bertz CT molecular complexity index is 1620. The predicted octanol–water partition coefficient (Wildman–Crippen LogP) is 4.92. The van der Waals surface area contributed by atoms with Crippen LogP contribution in [0.5, 0.6) is 5.75 Å². The van der Waals surface area contributed by atoms with E-state index in [1.165, 1.54) is 15.6 Å². The van der Waals surface area contributed by atoms with Crippen molar-refractivity contribution in [2.24, 2.45) is 5.92 Å². The first-order valence-electron chi connectivity index (χ1n) is 12.3. The Morgan fingerprint density at radius 2 is 1.90 bits per heavy atom. The summed E-state index contributed by atoms with van der Waals surface area (Å²) in [5, 5.41) is 0.505. The molecule has 2 aromatic carbocycles. The van der Waals surface area contributed by atoms with Crippen LogP contribution >= 0.6 is 11.3 Å². The summed E-state index contributed by atoms with van der Waals surface area (Å²) in [4.78, 5) is 24.3. The fourth-order valence-electron chi connectivity index (χ4n) is 4.62. The molecule has 0 saturated carbocycles. The van der Waals surface area contributed by atoms with Crippen LogP contribution in [0.1, 0.15) is 24.1 Å². The molecule has 5 rings (SSSR count). The number of aromatic nitrogens is 2. The number of sulfonamides is 1. The standard InChI is InChI=1S/C27H26F2N4O4S2/c1-17-6-9-23(37-2)24-25(17)38-27(31-24)33(16-19-5-3-4-12-30-19)26(34)18-10-13-32(14-11-18)39(35,36)20-7-8-21(28)22(29)15-20/h3-9,12,15,18H,10-11,13-14,16H2,1-2H3. The van der Waals surface area contributed by atoms with Gasteiger partial charge in [-0.3, -0.25) is 14.7 Å². The van der Waals surface area contributed by atoms with E-state index in [4.69, 9.17) is 9.72 Å². The van der Waals surface area contributed by atoms with Gasteiger partial charge in [-0.2, -0.15) is 4.31 Å². The second-order valence-electron chi connectivity index (χ2n) is 9.26. The molecular weight excluding hydrogens is 546 g/mol.